The zero-order chi connectivity index (χ0) is 25.3. The number of sulfonamides is 1. The molecule has 1 aliphatic rings. The summed E-state index contributed by atoms with van der Waals surface area (Å²) in [7, 11) is -2.42. The van der Waals surface area contributed by atoms with Gasteiger partial charge < -0.3 is 9.30 Å². The minimum atomic E-state index is -3.79. The maximum absolute atomic E-state index is 13.9. The first-order valence-electron chi connectivity index (χ1n) is 11.9. The molecule has 0 saturated heterocycles. The number of aromatic nitrogens is 1. The summed E-state index contributed by atoms with van der Waals surface area (Å²) in [6.07, 6.45) is 2.29. The van der Waals surface area contributed by atoms with Crippen molar-refractivity contribution in [1.29, 1.82) is 0 Å². The fraction of sp³-hybridized carbons (Fsp3) is 0.207. The fourth-order valence-corrected chi connectivity index (χ4v) is 6.53. The summed E-state index contributed by atoms with van der Waals surface area (Å²) in [5.41, 5.74) is 4.84. The molecule has 6 nitrogen and oxygen atoms in total. The highest BCUT2D eigenvalue weighted by Crippen LogP contribution is 2.38. The van der Waals surface area contributed by atoms with Crippen molar-refractivity contribution in [3.63, 3.8) is 0 Å². The molecular formula is C29H28N2O4S. The van der Waals surface area contributed by atoms with Crippen LogP contribution in [-0.4, -0.2) is 36.9 Å². The Bertz CT molecular complexity index is 1480. The van der Waals surface area contributed by atoms with Crippen molar-refractivity contribution >= 4 is 16.0 Å². The van der Waals surface area contributed by atoms with Gasteiger partial charge >= 0.3 is 5.97 Å². The molecule has 4 aromatic rings. The summed E-state index contributed by atoms with van der Waals surface area (Å²) in [4.78, 5) is 13.3. The Morgan fingerprint density at radius 3 is 2.17 bits per heavy atom. The Labute approximate surface area is 211 Å². The van der Waals surface area contributed by atoms with E-state index in [1.165, 1.54) is 7.11 Å². The standard InChI is InChI=1S/C29H28N2O4S/c1-21-13-15-24(16-14-21)36(33,34)31-18-17-30-20-25(22-9-5-3-6-10-22)28(29(32)35-2)27(30)19-26(31)23-11-7-4-8-12-23/h3-16,20,26H,17-19H2,1-2H3. The quantitative estimate of drug-likeness (QED) is 0.352. The van der Waals surface area contributed by atoms with Crippen LogP contribution >= 0.6 is 0 Å². The van der Waals surface area contributed by atoms with Gasteiger partial charge in [0.05, 0.1) is 23.6 Å². The van der Waals surface area contributed by atoms with E-state index in [0.29, 0.717) is 18.5 Å². The van der Waals surface area contributed by atoms with Gasteiger partial charge in [-0.2, -0.15) is 4.31 Å². The smallest absolute Gasteiger partial charge is 0.340 e. The SMILES string of the molecule is COC(=O)c1c(-c2ccccc2)cn2c1CC(c1ccccc1)N(S(=O)(=O)c1ccc(C)cc1)CC2. The van der Waals surface area contributed by atoms with Crippen LogP contribution < -0.4 is 0 Å². The van der Waals surface area contributed by atoms with Gasteiger partial charge in [0.25, 0.3) is 0 Å². The van der Waals surface area contributed by atoms with Gasteiger partial charge in [-0.25, -0.2) is 13.2 Å². The molecule has 0 N–H and O–H groups in total. The van der Waals surface area contributed by atoms with Gasteiger partial charge in [0.1, 0.15) is 0 Å². The molecule has 184 valence electrons. The van der Waals surface area contributed by atoms with Gasteiger partial charge in [0, 0.05) is 37.0 Å². The number of ether oxygens (including phenoxy) is 1. The summed E-state index contributed by atoms with van der Waals surface area (Å²) < 4.78 is 36.6. The molecule has 0 radical (unpaired) electrons. The molecule has 1 aliphatic heterocycles. The van der Waals surface area contributed by atoms with E-state index in [2.05, 4.69) is 0 Å². The lowest BCUT2D eigenvalue weighted by molar-refractivity contribution is 0.0600. The first-order chi connectivity index (χ1) is 17.4. The average molecular weight is 501 g/mol. The van der Waals surface area contributed by atoms with Crippen molar-refractivity contribution in [3.8, 4) is 11.1 Å². The van der Waals surface area contributed by atoms with E-state index in [9.17, 15) is 13.2 Å². The van der Waals surface area contributed by atoms with E-state index in [4.69, 9.17) is 4.74 Å². The summed E-state index contributed by atoms with van der Waals surface area (Å²) in [5, 5.41) is 0. The molecule has 2 heterocycles. The third kappa shape index (κ3) is 4.36. The van der Waals surface area contributed by atoms with Crippen LogP contribution in [0.3, 0.4) is 0 Å². The third-order valence-electron chi connectivity index (χ3n) is 6.77. The third-order valence-corrected chi connectivity index (χ3v) is 8.69. The number of nitrogens with zero attached hydrogens (tertiary/aromatic N) is 2. The topological polar surface area (TPSA) is 68.6 Å². The maximum atomic E-state index is 13.9. The molecule has 0 amide bonds. The van der Waals surface area contributed by atoms with Crippen LogP contribution in [0.15, 0.2) is 96.0 Å². The number of carbonyl (C=O) groups is 1. The highest BCUT2D eigenvalue weighted by atomic mass is 32.2. The zero-order valence-electron chi connectivity index (χ0n) is 20.3. The summed E-state index contributed by atoms with van der Waals surface area (Å²) in [6, 6.07) is 25.8. The predicted molar refractivity (Wildman–Crippen MR) is 139 cm³/mol. The molecule has 0 bridgehead atoms. The van der Waals surface area contributed by atoms with E-state index in [1.807, 2.05) is 90.5 Å². The number of rotatable bonds is 5. The van der Waals surface area contributed by atoms with Gasteiger partial charge in [0.15, 0.2) is 0 Å². The lowest BCUT2D eigenvalue weighted by Crippen LogP contribution is -2.36. The van der Waals surface area contributed by atoms with Crippen LogP contribution in [0.5, 0.6) is 0 Å². The van der Waals surface area contributed by atoms with Gasteiger partial charge in [-0.05, 0) is 30.2 Å². The number of methoxy groups -OCH3 is 1. The van der Waals surface area contributed by atoms with Crippen molar-refractivity contribution in [3.05, 3.63) is 114 Å². The Hall–Kier alpha value is -3.68. The number of fused-ring (bicyclic) bond motifs is 1. The summed E-state index contributed by atoms with van der Waals surface area (Å²) in [5.74, 6) is -0.427. The van der Waals surface area contributed by atoms with Crippen LogP contribution in [-0.2, 0) is 27.7 Å². The van der Waals surface area contributed by atoms with Gasteiger partial charge in [-0.15, -0.1) is 0 Å². The lowest BCUT2D eigenvalue weighted by Gasteiger charge is -2.29. The summed E-state index contributed by atoms with van der Waals surface area (Å²) in [6.45, 7) is 2.62. The number of carbonyl (C=O) groups excluding carboxylic acids is 1. The molecule has 0 aliphatic carbocycles. The van der Waals surface area contributed by atoms with Gasteiger partial charge in [-0.3, -0.25) is 0 Å². The predicted octanol–water partition coefficient (Wildman–Crippen LogP) is 5.24. The summed E-state index contributed by atoms with van der Waals surface area (Å²) >= 11 is 0. The number of hydrogen-bond acceptors (Lipinski definition) is 4. The first kappa shape index (κ1) is 24.0. The second-order valence-corrected chi connectivity index (χ2v) is 10.9. The largest absolute Gasteiger partial charge is 0.465 e. The molecule has 36 heavy (non-hydrogen) atoms. The second-order valence-electron chi connectivity index (χ2n) is 8.97. The highest BCUT2D eigenvalue weighted by Gasteiger charge is 2.37. The Kier molecular flexibility index (Phi) is 6.51. The van der Waals surface area contributed by atoms with Crippen LogP contribution in [0.2, 0.25) is 0 Å². The van der Waals surface area contributed by atoms with Crippen LogP contribution in [0.25, 0.3) is 11.1 Å². The number of hydrogen-bond donors (Lipinski definition) is 0. The van der Waals surface area contributed by atoms with E-state index < -0.39 is 22.0 Å². The molecule has 3 aromatic carbocycles. The van der Waals surface area contributed by atoms with E-state index in [-0.39, 0.29) is 11.4 Å². The molecular weight excluding hydrogens is 472 g/mol. The normalized spacial score (nSPS) is 16.2. The minimum absolute atomic E-state index is 0.263. The fourth-order valence-electron chi connectivity index (χ4n) is 4.92. The van der Waals surface area contributed by atoms with Gasteiger partial charge in [0.2, 0.25) is 10.0 Å². The second kappa shape index (κ2) is 9.76. The molecule has 1 aromatic heterocycles. The van der Waals surface area contributed by atoms with Crippen molar-refractivity contribution < 1.29 is 17.9 Å². The molecule has 1 unspecified atom stereocenters. The number of aryl methyl sites for hydroxylation is 1. The Morgan fingerprint density at radius 2 is 1.53 bits per heavy atom. The van der Waals surface area contributed by atoms with E-state index in [1.54, 1.807) is 16.4 Å². The van der Waals surface area contributed by atoms with Crippen LogP contribution in [0.1, 0.15) is 33.2 Å². The van der Waals surface area contributed by atoms with Crippen LogP contribution in [0, 0.1) is 6.92 Å². The molecule has 0 fully saturated rings. The Balaban J connectivity index is 1.66. The van der Waals surface area contributed by atoms with Crippen molar-refractivity contribution in [2.45, 2.75) is 30.8 Å². The average Bonchev–Trinajstić information content (AvgIpc) is 3.15. The zero-order valence-corrected chi connectivity index (χ0v) is 21.1. The van der Waals surface area contributed by atoms with Crippen molar-refractivity contribution in [2.24, 2.45) is 0 Å². The van der Waals surface area contributed by atoms with Gasteiger partial charge in [-0.1, -0.05) is 78.4 Å². The minimum Gasteiger partial charge on any atom is -0.465 e. The van der Waals surface area contributed by atoms with E-state index >= 15 is 0 Å². The van der Waals surface area contributed by atoms with Crippen molar-refractivity contribution in [1.82, 2.24) is 8.87 Å². The monoisotopic (exact) mass is 500 g/mol. The maximum Gasteiger partial charge on any atom is 0.340 e. The van der Waals surface area contributed by atoms with Crippen LogP contribution in [0.4, 0.5) is 0 Å². The molecule has 5 rings (SSSR count). The molecule has 7 heteroatoms. The molecule has 0 saturated carbocycles. The van der Waals surface area contributed by atoms with Crippen molar-refractivity contribution in [2.75, 3.05) is 13.7 Å². The number of esters is 1. The van der Waals surface area contributed by atoms with E-state index in [0.717, 1.165) is 27.9 Å². The lowest BCUT2D eigenvalue weighted by atomic mass is 9.97. The molecule has 1 atom stereocenters. The number of benzene rings is 3. The molecule has 0 spiro atoms. The first-order valence-corrected chi connectivity index (χ1v) is 13.3. The Morgan fingerprint density at radius 1 is 0.889 bits per heavy atom. The highest BCUT2D eigenvalue weighted by molar-refractivity contribution is 7.89.